The molecule has 0 aromatic carbocycles. The maximum atomic E-state index is 12.0. The molecule has 2 heterocycles. The van der Waals surface area contributed by atoms with E-state index in [0.29, 0.717) is 11.7 Å². The number of amides is 1. The molecule has 1 unspecified atom stereocenters. The van der Waals surface area contributed by atoms with Gasteiger partial charge in [-0.1, -0.05) is 0 Å². The summed E-state index contributed by atoms with van der Waals surface area (Å²) in [6.45, 7) is 3.28. The van der Waals surface area contributed by atoms with Gasteiger partial charge in [0.1, 0.15) is 12.4 Å². The van der Waals surface area contributed by atoms with Gasteiger partial charge in [0.2, 0.25) is 5.91 Å². The highest BCUT2D eigenvalue weighted by atomic mass is 16.2. The molecular weight excluding hydrogens is 230 g/mol. The Hall–Kier alpha value is -1.56. The third-order valence-electron chi connectivity index (χ3n) is 3.41. The van der Waals surface area contributed by atoms with Gasteiger partial charge in [-0.2, -0.15) is 5.10 Å². The lowest BCUT2D eigenvalue weighted by molar-refractivity contribution is -0.131. The number of nitrogens with two attached hydrogens (primary N) is 1. The number of nitrogens with zero attached hydrogens (tertiary/aromatic N) is 4. The summed E-state index contributed by atoms with van der Waals surface area (Å²) in [5, 5.41) is 4.02. The fraction of sp³-hybridized carbons (Fsp3) is 0.667. The van der Waals surface area contributed by atoms with E-state index in [2.05, 4.69) is 17.0 Å². The van der Waals surface area contributed by atoms with Crippen LogP contribution in [0.25, 0.3) is 0 Å². The molecule has 6 heteroatoms. The first-order valence-electron chi connectivity index (χ1n) is 6.26. The maximum absolute atomic E-state index is 12.0. The van der Waals surface area contributed by atoms with Crippen LogP contribution in [0.3, 0.4) is 0 Å². The van der Waals surface area contributed by atoms with Gasteiger partial charge in [0.15, 0.2) is 0 Å². The van der Waals surface area contributed by atoms with Gasteiger partial charge >= 0.3 is 0 Å². The molecular formula is C12H21N5O. The van der Waals surface area contributed by atoms with Crippen molar-refractivity contribution in [3.63, 3.8) is 0 Å². The maximum Gasteiger partial charge on any atom is 0.244 e. The summed E-state index contributed by atoms with van der Waals surface area (Å²) in [7, 11) is 3.97. The van der Waals surface area contributed by atoms with Crippen LogP contribution in [0.4, 0.5) is 5.82 Å². The van der Waals surface area contributed by atoms with Crippen LogP contribution in [0.2, 0.25) is 0 Å². The van der Waals surface area contributed by atoms with Crippen LogP contribution in [-0.2, 0) is 11.3 Å². The molecule has 1 aromatic rings. The molecule has 0 bridgehead atoms. The van der Waals surface area contributed by atoms with Crippen LogP contribution >= 0.6 is 0 Å². The van der Waals surface area contributed by atoms with E-state index in [4.69, 9.17) is 5.73 Å². The van der Waals surface area contributed by atoms with E-state index in [1.165, 1.54) is 6.42 Å². The summed E-state index contributed by atoms with van der Waals surface area (Å²) in [5.74, 6) is 1.11. The quantitative estimate of drug-likeness (QED) is 0.810. The van der Waals surface area contributed by atoms with Crippen molar-refractivity contribution in [2.75, 3.05) is 39.5 Å². The van der Waals surface area contributed by atoms with Crippen molar-refractivity contribution in [1.29, 1.82) is 0 Å². The number of anilines is 1. The monoisotopic (exact) mass is 251 g/mol. The lowest BCUT2D eigenvalue weighted by Gasteiger charge is -2.21. The Morgan fingerprint density at radius 1 is 1.67 bits per heavy atom. The Morgan fingerprint density at radius 3 is 3.00 bits per heavy atom. The topological polar surface area (TPSA) is 67.4 Å². The van der Waals surface area contributed by atoms with Gasteiger partial charge in [-0.05, 0) is 32.0 Å². The van der Waals surface area contributed by atoms with Gasteiger partial charge in [-0.3, -0.25) is 9.48 Å². The highest BCUT2D eigenvalue weighted by molar-refractivity contribution is 5.75. The van der Waals surface area contributed by atoms with Gasteiger partial charge in [0.05, 0.1) is 0 Å². The molecule has 0 saturated carbocycles. The number of nitrogen functional groups attached to an aromatic ring is 1. The molecule has 2 N–H and O–H groups in total. The second-order valence-corrected chi connectivity index (χ2v) is 5.13. The minimum Gasteiger partial charge on any atom is -0.382 e. The second-order valence-electron chi connectivity index (χ2n) is 5.13. The minimum atomic E-state index is 0.0765. The van der Waals surface area contributed by atoms with Crippen molar-refractivity contribution < 1.29 is 4.79 Å². The Bertz CT molecular complexity index is 416. The summed E-state index contributed by atoms with van der Waals surface area (Å²) in [5.41, 5.74) is 5.52. The third-order valence-corrected chi connectivity index (χ3v) is 3.41. The number of hydrogen-bond acceptors (Lipinski definition) is 4. The van der Waals surface area contributed by atoms with Crippen molar-refractivity contribution in [3.05, 3.63) is 12.3 Å². The molecule has 1 aliphatic heterocycles. The van der Waals surface area contributed by atoms with E-state index in [0.717, 1.165) is 19.6 Å². The molecule has 18 heavy (non-hydrogen) atoms. The summed E-state index contributed by atoms with van der Waals surface area (Å²) < 4.78 is 1.58. The standard InChI is InChI=1S/C12H21N5O/c1-15-5-3-10(7-15)8-16(2)12(18)9-17-6-4-11(13)14-17/h4,6,10H,3,5,7-9H2,1-2H3,(H2,13,14). The first-order valence-corrected chi connectivity index (χ1v) is 6.26. The van der Waals surface area contributed by atoms with Crippen molar-refractivity contribution >= 4 is 11.7 Å². The largest absolute Gasteiger partial charge is 0.382 e. The van der Waals surface area contributed by atoms with E-state index in [1.807, 2.05) is 7.05 Å². The summed E-state index contributed by atoms with van der Waals surface area (Å²) >= 11 is 0. The second kappa shape index (κ2) is 5.39. The van der Waals surface area contributed by atoms with Gasteiger partial charge in [0.25, 0.3) is 0 Å². The van der Waals surface area contributed by atoms with Gasteiger partial charge in [0, 0.05) is 26.3 Å². The van der Waals surface area contributed by atoms with Crippen molar-refractivity contribution in [2.45, 2.75) is 13.0 Å². The molecule has 100 valence electrons. The fourth-order valence-corrected chi connectivity index (χ4v) is 2.39. The summed E-state index contributed by atoms with van der Waals surface area (Å²) in [6, 6.07) is 1.69. The van der Waals surface area contributed by atoms with Gasteiger partial charge in [-0.25, -0.2) is 0 Å². The molecule has 2 rings (SSSR count). The SMILES string of the molecule is CN1CCC(CN(C)C(=O)Cn2ccc(N)n2)C1. The first kappa shape index (κ1) is 12.9. The van der Waals surface area contributed by atoms with E-state index < -0.39 is 0 Å². The molecule has 1 atom stereocenters. The van der Waals surface area contributed by atoms with Crippen LogP contribution in [-0.4, -0.2) is 59.2 Å². The molecule has 0 spiro atoms. The zero-order chi connectivity index (χ0) is 13.1. The smallest absolute Gasteiger partial charge is 0.244 e. The van der Waals surface area contributed by atoms with E-state index in [9.17, 15) is 4.79 Å². The van der Waals surface area contributed by atoms with Crippen LogP contribution in [0.15, 0.2) is 12.3 Å². The number of carbonyl (C=O) groups is 1. The normalized spacial score (nSPS) is 20.2. The van der Waals surface area contributed by atoms with E-state index in [-0.39, 0.29) is 12.5 Å². The fourth-order valence-electron chi connectivity index (χ4n) is 2.39. The lowest BCUT2D eigenvalue weighted by Crippen LogP contribution is -2.35. The number of hydrogen-bond donors (Lipinski definition) is 1. The highest BCUT2D eigenvalue weighted by Gasteiger charge is 2.22. The average Bonchev–Trinajstić information content (AvgIpc) is 2.88. The number of carbonyl (C=O) groups excluding carboxylic acids is 1. The van der Waals surface area contributed by atoms with Crippen LogP contribution < -0.4 is 5.73 Å². The van der Waals surface area contributed by atoms with Gasteiger partial charge < -0.3 is 15.5 Å². The van der Waals surface area contributed by atoms with Crippen molar-refractivity contribution in [3.8, 4) is 0 Å². The Kier molecular flexibility index (Phi) is 3.86. The van der Waals surface area contributed by atoms with Crippen LogP contribution in [0.1, 0.15) is 6.42 Å². The molecule has 1 saturated heterocycles. The predicted molar refractivity (Wildman–Crippen MR) is 69.9 cm³/mol. The lowest BCUT2D eigenvalue weighted by atomic mass is 10.1. The van der Waals surface area contributed by atoms with Gasteiger partial charge in [-0.15, -0.1) is 0 Å². The van der Waals surface area contributed by atoms with Crippen LogP contribution in [0, 0.1) is 5.92 Å². The predicted octanol–water partition coefficient (Wildman–Crippen LogP) is -0.125. The first-order chi connectivity index (χ1) is 8.54. The molecule has 1 amide bonds. The average molecular weight is 251 g/mol. The number of rotatable bonds is 4. The van der Waals surface area contributed by atoms with Crippen molar-refractivity contribution in [2.24, 2.45) is 5.92 Å². The third kappa shape index (κ3) is 3.22. The number of likely N-dealkylation sites (tertiary alicyclic amines) is 1. The Morgan fingerprint density at radius 2 is 2.44 bits per heavy atom. The minimum absolute atomic E-state index is 0.0765. The molecule has 1 fully saturated rings. The summed E-state index contributed by atoms with van der Waals surface area (Å²) in [4.78, 5) is 16.1. The molecule has 1 aromatic heterocycles. The zero-order valence-corrected chi connectivity index (χ0v) is 11.0. The number of likely N-dealkylation sites (N-methyl/N-ethyl adjacent to an activating group) is 1. The van der Waals surface area contributed by atoms with E-state index in [1.54, 1.807) is 21.8 Å². The molecule has 0 aliphatic carbocycles. The van der Waals surface area contributed by atoms with E-state index >= 15 is 0 Å². The van der Waals surface area contributed by atoms with Crippen molar-refractivity contribution in [1.82, 2.24) is 19.6 Å². The Balaban J connectivity index is 1.81. The zero-order valence-electron chi connectivity index (χ0n) is 11.0. The summed E-state index contributed by atoms with van der Waals surface area (Å²) in [6.07, 6.45) is 2.90. The number of aromatic nitrogens is 2. The molecule has 0 radical (unpaired) electrons. The molecule has 6 nitrogen and oxygen atoms in total. The molecule has 1 aliphatic rings. The highest BCUT2D eigenvalue weighted by Crippen LogP contribution is 2.15. The Labute approximate surface area is 107 Å². The van der Waals surface area contributed by atoms with Crippen LogP contribution in [0.5, 0.6) is 0 Å².